The van der Waals surface area contributed by atoms with Crippen LogP contribution in [0.15, 0.2) is 54.6 Å². The third kappa shape index (κ3) is 9.89. The molecule has 0 radical (unpaired) electrons. The van der Waals surface area contributed by atoms with Crippen LogP contribution in [0.3, 0.4) is 0 Å². The van der Waals surface area contributed by atoms with Crippen molar-refractivity contribution in [1.29, 1.82) is 0 Å². The number of hydrogen-bond acceptors (Lipinski definition) is 6. The van der Waals surface area contributed by atoms with E-state index < -0.39 is 53.2 Å². The lowest BCUT2D eigenvalue weighted by Gasteiger charge is -2.35. The normalized spacial score (nSPS) is 15.5. The Labute approximate surface area is 249 Å². The zero-order chi connectivity index (χ0) is 31.2. The molecule has 0 heterocycles. The topological polar surface area (TPSA) is 114 Å². The third-order valence-corrected chi connectivity index (χ3v) is 6.47. The summed E-state index contributed by atoms with van der Waals surface area (Å²) in [5.74, 6) is -1.48. The van der Waals surface area contributed by atoms with Crippen LogP contribution in [-0.4, -0.2) is 58.1 Å². The molecule has 0 spiro atoms. The highest BCUT2D eigenvalue weighted by Gasteiger charge is 2.44. The lowest BCUT2D eigenvalue weighted by atomic mass is 9.99. The van der Waals surface area contributed by atoms with Crippen molar-refractivity contribution in [3.8, 4) is 0 Å². The van der Waals surface area contributed by atoms with Crippen LogP contribution in [0.25, 0.3) is 0 Å². The molecule has 42 heavy (non-hydrogen) atoms. The van der Waals surface area contributed by atoms with E-state index in [1.165, 1.54) is 0 Å². The van der Waals surface area contributed by atoms with E-state index in [9.17, 15) is 19.2 Å². The van der Waals surface area contributed by atoms with E-state index in [1.807, 2.05) is 55.5 Å². The minimum Gasteiger partial charge on any atom is -0.458 e. The number of ether oxygens (including phenoxy) is 2. The van der Waals surface area contributed by atoms with Crippen LogP contribution in [0.4, 0.5) is 4.79 Å². The second-order valence-electron chi connectivity index (χ2n) is 12.9. The summed E-state index contributed by atoms with van der Waals surface area (Å²) in [4.78, 5) is 55.5. The largest absolute Gasteiger partial charge is 0.458 e. The van der Waals surface area contributed by atoms with Gasteiger partial charge in [0.25, 0.3) is 0 Å². The van der Waals surface area contributed by atoms with E-state index >= 15 is 0 Å². The van der Waals surface area contributed by atoms with E-state index in [1.54, 1.807) is 59.4 Å². The summed E-state index contributed by atoms with van der Waals surface area (Å²) in [6, 6.07) is 13.6. The zero-order valence-electron chi connectivity index (χ0n) is 26.0. The van der Waals surface area contributed by atoms with E-state index in [2.05, 4.69) is 10.6 Å². The van der Waals surface area contributed by atoms with Gasteiger partial charge >= 0.3 is 12.1 Å². The van der Waals surface area contributed by atoms with Gasteiger partial charge in [-0.25, -0.2) is 9.59 Å². The molecule has 0 bridgehead atoms. The van der Waals surface area contributed by atoms with Crippen molar-refractivity contribution in [3.05, 3.63) is 71.3 Å². The van der Waals surface area contributed by atoms with Crippen molar-refractivity contribution in [1.82, 2.24) is 15.5 Å². The molecular formula is C33H45N3O6. The number of carbonyl (C=O) groups excluding carboxylic acids is 4. The summed E-state index contributed by atoms with van der Waals surface area (Å²) >= 11 is 0. The standard InChI is InChI=1S/C33H45N3O6/c1-21-13-12-16-24(19-21)27(36(25-17-18-25)29(38)22(2)34-31(40)42-33(6,7)8)28(37)35-26(30(39)41-32(3,4)5)20-23-14-10-9-11-15-23/h9-16,19,22,25-27H,17-18,20H2,1-8H3,(H,34,40)(H,35,37). The first-order chi connectivity index (χ1) is 19.5. The first kappa shape index (κ1) is 32.6. The van der Waals surface area contributed by atoms with Crippen LogP contribution in [0.2, 0.25) is 0 Å². The second-order valence-corrected chi connectivity index (χ2v) is 12.9. The first-order valence-corrected chi connectivity index (χ1v) is 14.5. The average molecular weight is 580 g/mol. The summed E-state index contributed by atoms with van der Waals surface area (Å²) in [7, 11) is 0. The van der Waals surface area contributed by atoms with E-state index in [0.29, 0.717) is 5.56 Å². The SMILES string of the molecule is Cc1cccc(C(C(=O)NC(Cc2ccccc2)C(=O)OC(C)(C)C)N(C(=O)C(C)NC(=O)OC(C)(C)C)C2CC2)c1. The highest BCUT2D eigenvalue weighted by molar-refractivity contribution is 5.94. The molecule has 9 nitrogen and oxygen atoms in total. The molecule has 2 N–H and O–H groups in total. The summed E-state index contributed by atoms with van der Waals surface area (Å²) in [5.41, 5.74) is 0.890. The molecule has 3 atom stereocenters. The fourth-order valence-corrected chi connectivity index (χ4v) is 4.59. The Hall–Kier alpha value is -3.88. The van der Waals surface area contributed by atoms with Crippen LogP contribution in [0.5, 0.6) is 0 Å². The van der Waals surface area contributed by atoms with Crippen molar-refractivity contribution in [2.75, 3.05) is 0 Å². The highest BCUT2D eigenvalue weighted by atomic mass is 16.6. The molecule has 1 fully saturated rings. The van der Waals surface area contributed by atoms with Gasteiger partial charge in [0.15, 0.2) is 0 Å². The zero-order valence-corrected chi connectivity index (χ0v) is 26.0. The minimum atomic E-state index is -1.03. The Kier molecular flexibility index (Phi) is 10.4. The maximum atomic E-state index is 14.2. The molecule has 1 aliphatic rings. The highest BCUT2D eigenvalue weighted by Crippen LogP contribution is 2.36. The molecule has 3 amide bonds. The van der Waals surface area contributed by atoms with Crippen LogP contribution in [0, 0.1) is 6.92 Å². The van der Waals surface area contributed by atoms with Gasteiger partial charge < -0.3 is 25.0 Å². The monoisotopic (exact) mass is 579 g/mol. The number of benzene rings is 2. The van der Waals surface area contributed by atoms with E-state index in [-0.39, 0.29) is 12.5 Å². The molecule has 3 rings (SSSR count). The maximum absolute atomic E-state index is 14.2. The fraction of sp³-hybridized carbons (Fsp3) is 0.515. The van der Waals surface area contributed by atoms with Crippen LogP contribution < -0.4 is 10.6 Å². The smallest absolute Gasteiger partial charge is 0.408 e. The average Bonchev–Trinajstić information content (AvgIpc) is 3.70. The molecule has 228 valence electrons. The molecule has 0 aromatic heterocycles. The molecule has 1 saturated carbocycles. The van der Waals surface area contributed by atoms with Gasteiger partial charge in [-0.15, -0.1) is 0 Å². The number of alkyl carbamates (subject to hydrolysis) is 1. The van der Waals surface area contributed by atoms with Crippen molar-refractivity contribution < 1.29 is 28.7 Å². The lowest BCUT2D eigenvalue weighted by molar-refractivity contribution is -0.159. The summed E-state index contributed by atoms with van der Waals surface area (Å²) in [6.07, 6.45) is 0.944. The number of carbonyl (C=O) groups is 4. The van der Waals surface area contributed by atoms with Crippen LogP contribution in [-0.2, 0) is 30.3 Å². The summed E-state index contributed by atoms with van der Waals surface area (Å²) in [5, 5.41) is 5.53. The Morgan fingerprint density at radius 1 is 0.881 bits per heavy atom. The predicted octanol–water partition coefficient (Wildman–Crippen LogP) is 5.01. The second kappa shape index (κ2) is 13.4. The molecule has 2 aromatic carbocycles. The van der Waals surface area contributed by atoms with Gasteiger partial charge in [0.2, 0.25) is 11.8 Å². The molecular weight excluding hydrogens is 534 g/mol. The number of nitrogens with one attached hydrogen (secondary N) is 2. The van der Waals surface area contributed by atoms with Crippen LogP contribution in [0.1, 0.15) is 84.0 Å². The Bertz CT molecular complexity index is 1260. The minimum absolute atomic E-state index is 0.189. The quantitative estimate of drug-likeness (QED) is 0.383. The van der Waals surface area contributed by atoms with Gasteiger partial charge in [-0.1, -0.05) is 60.2 Å². The predicted molar refractivity (Wildman–Crippen MR) is 161 cm³/mol. The van der Waals surface area contributed by atoms with Gasteiger partial charge in [0.1, 0.15) is 29.3 Å². The molecule has 1 aliphatic carbocycles. The van der Waals surface area contributed by atoms with E-state index in [0.717, 1.165) is 24.0 Å². The number of rotatable bonds is 10. The molecule has 0 saturated heterocycles. The van der Waals surface area contributed by atoms with Crippen LogP contribution >= 0.6 is 0 Å². The van der Waals surface area contributed by atoms with Crippen molar-refractivity contribution in [2.24, 2.45) is 0 Å². The van der Waals surface area contributed by atoms with Crippen molar-refractivity contribution in [3.63, 3.8) is 0 Å². The van der Waals surface area contributed by atoms with Gasteiger partial charge in [0, 0.05) is 12.5 Å². The van der Waals surface area contributed by atoms with Gasteiger partial charge in [-0.3, -0.25) is 9.59 Å². The number of nitrogens with zero attached hydrogens (tertiary/aromatic N) is 1. The van der Waals surface area contributed by atoms with Gasteiger partial charge in [-0.2, -0.15) is 0 Å². The van der Waals surface area contributed by atoms with E-state index in [4.69, 9.17) is 9.47 Å². The fourth-order valence-electron chi connectivity index (χ4n) is 4.59. The third-order valence-electron chi connectivity index (χ3n) is 6.47. The number of aryl methyl sites for hydroxylation is 1. The number of hydrogen-bond donors (Lipinski definition) is 2. The number of amides is 3. The Morgan fingerprint density at radius 3 is 2.05 bits per heavy atom. The van der Waals surface area contributed by atoms with Crippen molar-refractivity contribution >= 4 is 23.9 Å². The van der Waals surface area contributed by atoms with Gasteiger partial charge in [0.05, 0.1) is 0 Å². The Morgan fingerprint density at radius 2 is 1.50 bits per heavy atom. The lowest BCUT2D eigenvalue weighted by Crippen LogP contribution is -2.55. The molecule has 3 unspecified atom stereocenters. The van der Waals surface area contributed by atoms with Gasteiger partial charge in [-0.05, 0) is 79.4 Å². The summed E-state index contributed by atoms with van der Waals surface area (Å²) in [6.45, 7) is 14.0. The first-order valence-electron chi connectivity index (χ1n) is 14.5. The molecule has 9 heteroatoms. The summed E-state index contributed by atoms with van der Waals surface area (Å²) < 4.78 is 11.0. The maximum Gasteiger partial charge on any atom is 0.408 e. The van der Waals surface area contributed by atoms with Crippen molar-refractivity contribution in [2.45, 2.75) is 110 Å². The molecule has 0 aliphatic heterocycles. The Balaban J connectivity index is 1.96. The number of esters is 1. The molecule has 2 aromatic rings.